The van der Waals surface area contributed by atoms with E-state index in [0.29, 0.717) is 13.1 Å². The number of nitrogens with one attached hydrogen (secondary N) is 1. The first kappa shape index (κ1) is 20.3. The van der Waals surface area contributed by atoms with Crippen molar-refractivity contribution in [3.05, 3.63) is 47.1 Å². The van der Waals surface area contributed by atoms with Gasteiger partial charge in [0, 0.05) is 24.0 Å². The van der Waals surface area contributed by atoms with Crippen molar-refractivity contribution in [1.29, 1.82) is 0 Å². The van der Waals surface area contributed by atoms with Crippen LogP contribution in [0.25, 0.3) is 0 Å². The van der Waals surface area contributed by atoms with E-state index < -0.39 is 15.8 Å². The van der Waals surface area contributed by atoms with Crippen LogP contribution in [0.5, 0.6) is 5.75 Å². The Balaban J connectivity index is 1.88. The highest BCUT2D eigenvalue weighted by molar-refractivity contribution is 7.91. The van der Waals surface area contributed by atoms with Gasteiger partial charge in [0.05, 0.1) is 6.54 Å². The van der Waals surface area contributed by atoms with E-state index in [2.05, 4.69) is 5.32 Å². The van der Waals surface area contributed by atoms with Crippen molar-refractivity contribution in [3.8, 4) is 5.75 Å². The van der Waals surface area contributed by atoms with Gasteiger partial charge >= 0.3 is 0 Å². The lowest BCUT2D eigenvalue weighted by Crippen LogP contribution is -2.30. The van der Waals surface area contributed by atoms with Gasteiger partial charge in [-0.3, -0.25) is 4.79 Å². The highest BCUT2D eigenvalue weighted by Gasteiger charge is 2.23. The van der Waals surface area contributed by atoms with Gasteiger partial charge in [0.25, 0.3) is 15.9 Å². The minimum atomic E-state index is -3.49. The first-order chi connectivity index (χ1) is 12.4. The largest absolute Gasteiger partial charge is 0.484 e. The highest BCUT2D eigenvalue weighted by atomic mass is 32.2. The van der Waals surface area contributed by atoms with Crippen LogP contribution in [0.3, 0.4) is 0 Å². The van der Waals surface area contributed by atoms with E-state index in [1.165, 1.54) is 22.5 Å². The number of hydrogen-bond donors (Lipinski definition) is 1. The molecule has 0 saturated carbocycles. The van der Waals surface area contributed by atoms with E-state index in [0.717, 1.165) is 16.2 Å². The quantitative estimate of drug-likeness (QED) is 0.702. The molecule has 0 atom stereocenters. The Morgan fingerprint density at radius 3 is 2.62 bits per heavy atom. The smallest absolute Gasteiger partial charge is 0.258 e. The fourth-order valence-electron chi connectivity index (χ4n) is 2.23. The zero-order valence-electron chi connectivity index (χ0n) is 14.6. The predicted molar refractivity (Wildman–Crippen MR) is 98.2 cm³/mol. The van der Waals surface area contributed by atoms with Crippen LogP contribution in [-0.4, -0.2) is 38.3 Å². The zero-order chi connectivity index (χ0) is 19.2. The molecule has 1 heterocycles. The number of carbonyl (C=O) groups excluding carboxylic acids is 1. The molecule has 0 aliphatic carbocycles. The molecule has 1 aromatic heterocycles. The van der Waals surface area contributed by atoms with Crippen molar-refractivity contribution >= 4 is 27.3 Å². The molecule has 0 bridgehead atoms. The van der Waals surface area contributed by atoms with Crippen LogP contribution < -0.4 is 10.1 Å². The maximum atomic E-state index is 13.0. The van der Waals surface area contributed by atoms with Gasteiger partial charge in [-0.15, -0.1) is 11.3 Å². The molecule has 0 spiro atoms. The summed E-state index contributed by atoms with van der Waals surface area (Å²) in [7, 11) is -3.49. The Kier molecular flexibility index (Phi) is 7.13. The number of thiophene rings is 1. The summed E-state index contributed by atoms with van der Waals surface area (Å²) >= 11 is 1.12. The Morgan fingerprint density at radius 1 is 1.23 bits per heavy atom. The third-order valence-corrected chi connectivity index (χ3v) is 7.16. The van der Waals surface area contributed by atoms with E-state index in [4.69, 9.17) is 4.74 Å². The molecule has 0 radical (unpaired) electrons. The zero-order valence-corrected chi connectivity index (χ0v) is 16.2. The third-order valence-electron chi connectivity index (χ3n) is 3.56. The lowest BCUT2D eigenvalue weighted by Gasteiger charge is -2.16. The first-order valence-corrected chi connectivity index (χ1v) is 10.4. The van der Waals surface area contributed by atoms with Gasteiger partial charge in [0.2, 0.25) is 0 Å². The summed E-state index contributed by atoms with van der Waals surface area (Å²) in [5, 5.41) is 2.65. The molecule has 6 nitrogen and oxygen atoms in total. The molecular weight excluding hydrogens is 379 g/mol. The number of hydrogen-bond acceptors (Lipinski definition) is 5. The van der Waals surface area contributed by atoms with Crippen LogP contribution >= 0.6 is 11.3 Å². The number of carbonyl (C=O) groups is 1. The number of benzene rings is 1. The van der Waals surface area contributed by atoms with Crippen LogP contribution in [0.2, 0.25) is 0 Å². The van der Waals surface area contributed by atoms with Gasteiger partial charge in [-0.2, -0.15) is 4.31 Å². The summed E-state index contributed by atoms with van der Waals surface area (Å²) in [6.07, 6.45) is 0. The van der Waals surface area contributed by atoms with Crippen molar-refractivity contribution in [1.82, 2.24) is 9.62 Å². The predicted octanol–water partition coefficient (Wildman–Crippen LogP) is 2.61. The molecule has 0 aliphatic rings. The number of ether oxygens (including phenoxy) is 1. The van der Waals surface area contributed by atoms with E-state index in [-0.39, 0.29) is 29.0 Å². The monoisotopic (exact) mass is 400 g/mol. The number of nitrogens with zero attached hydrogens (tertiary/aromatic N) is 1. The normalized spacial score (nSPS) is 11.5. The van der Waals surface area contributed by atoms with Gasteiger partial charge in [0.1, 0.15) is 15.8 Å². The molecule has 1 amide bonds. The van der Waals surface area contributed by atoms with Crippen molar-refractivity contribution < 1.29 is 22.3 Å². The molecule has 0 saturated heterocycles. The minimum absolute atomic E-state index is 0.198. The third kappa shape index (κ3) is 5.26. The summed E-state index contributed by atoms with van der Waals surface area (Å²) in [5.41, 5.74) is 0. The molecule has 1 N–H and O–H groups in total. The molecule has 2 aromatic rings. The van der Waals surface area contributed by atoms with Gasteiger partial charge < -0.3 is 10.1 Å². The van der Waals surface area contributed by atoms with E-state index in [1.807, 2.05) is 0 Å². The molecule has 2 rings (SSSR count). The van der Waals surface area contributed by atoms with Gasteiger partial charge in [-0.25, -0.2) is 12.8 Å². The maximum absolute atomic E-state index is 13.0. The van der Waals surface area contributed by atoms with Crippen molar-refractivity contribution in [2.75, 3.05) is 19.7 Å². The molecule has 0 aliphatic heterocycles. The van der Waals surface area contributed by atoms with Crippen molar-refractivity contribution in [2.24, 2.45) is 0 Å². The van der Waals surface area contributed by atoms with E-state index in [1.54, 1.807) is 32.0 Å². The Bertz CT molecular complexity index is 848. The molecule has 26 heavy (non-hydrogen) atoms. The number of halogens is 1. The second-order valence-corrected chi connectivity index (χ2v) is 8.67. The van der Waals surface area contributed by atoms with Crippen LogP contribution in [0.1, 0.15) is 18.7 Å². The molecule has 0 fully saturated rings. The SMILES string of the molecule is CCN(CC)S(=O)(=O)c1ccc(CNC(=O)COc2cccc(F)c2)s1. The molecule has 1 aromatic carbocycles. The summed E-state index contributed by atoms with van der Waals surface area (Å²) in [6, 6.07) is 8.74. The summed E-state index contributed by atoms with van der Waals surface area (Å²) in [6.45, 7) is 4.33. The van der Waals surface area contributed by atoms with Crippen LogP contribution in [0.4, 0.5) is 4.39 Å². The topological polar surface area (TPSA) is 75.7 Å². The average molecular weight is 400 g/mol. The van der Waals surface area contributed by atoms with Crippen LogP contribution in [-0.2, 0) is 21.4 Å². The second kappa shape index (κ2) is 9.11. The lowest BCUT2D eigenvalue weighted by atomic mass is 10.3. The number of sulfonamides is 1. The fraction of sp³-hybridized carbons (Fsp3) is 0.353. The van der Waals surface area contributed by atoms with Crippen molar-refractivity contribution in [2.45, 2.75) is 24.6 Å². The molecule has 142 valence electrons. The van der Waals surface area contributed by atoms with Crippen LogP contribution in [0.15, 0.2) is 40.6 Å². The Morgan fingerprint density at radius 2 is 1.96 bits per heavy atom. The maximum Gasteiger partial charge on any atom is 0.258 e. The Labute approximate surface area is 156 Å². The van der Waals surface area contributed by atoms with E-state index in [9.17, 15) is 17.6 Å². The van der Waals surface area contributed by atoms with E-state index >= 15 is 0 Å². The lowest BCUT2D eigenvalue weighted by molar-refractivity contribution is -0.123. The van der Waals surface area contributed by atoms with Gasteiger partial charge in [-0.05, 0) is 24.3 Å². The van der Waals surface area contributed by atoms with Gasteiger partial charge in [0.15, 0.2) is 6.61 Å². The molecule has 0 unspecified atom stereocenters. The average Bonchev–Trinajstić information content (AvgIpc) is 3.09. The number of rotatable bonds is 9. The molecule has 9 heteroatoms. The summed E-state index contributed by atoms with van der Waals surface area (Å²) in [4.78, 5) is 12.5. The summed E-state index contributed by atoms with van der Waals surface area (Å²) in [5.74, 6) is -0.553. The standard InChI is InChI=1S/C17H21FN2O4S2/c1-3-20(4-2)26(22,23)17-9-8-15(25-17)11-19-16(21)12-24-14-7-5-6-13(18)10-14/h5-10H,3-4,11-12H2,1-2H3,(H,19,21). The number of amides is 1. The highest BCUT2D eigenvalue weighted by Crippen LogP contribution is 2.24. The molecular formula is C17H21FN2O4S2. The van der Waals surface area contributed by atoms with Crippen LogP contribution in [0, 0.1) is 5.82 Å². The first-order valence-electron chi connectivity index (χ1n) is 8.10. The minimum Gasteiger partial charge on any atom is -0.484 e. The summed E-state index contributed by atoms with van der Waals surface area (Å²) < 4.78 is 44.7. The fourth-order valence-corrected chi connectivity index (χ4v) is 5.13. The Hall–Kier alpha value is -1.97. The van der Waals surface area contributed by atoms with Gasteiger partial charge in [-0.1, -0.05) is 19.9 Å². The van der Waals surface area contributed by atoms with Crippen molar-refractivity contribution in [3.63, 3.8) is 0 Å². The second-order valence-electron chi connectivity index (χ2n) is 5.33.